The fraction of sp³-hybridized carbons (Fsp3) is 0.562. The Bertz CT molecular complexity index is 729. The maximum atomic E-state index is 12.5. The third-order valence-electron chi connectivity index (χ3n) is 4.47. The van der Waals surface area contributed by atoms with Gasteiger partial charge in [-0.25, -0.2) is 0 Å². The van der Waals surface area contributed by atoms with E-state index in [1.807, 2.05) is 42.9 Å². The van der Waals surface area contributed by atoms with Crippen molar-refractivity contribution in [3.05, 3.63) is 34.4 Å². The Hall–Kier alpha value is -1.86. The van der Waals surface area contributed by atoms with Gasteiger partial charge in [0, 0.05) is 51.5 Å². The van der Waals surface area contributed by atoms with Gasteiger partial charge in [-0.1, -0.05) is 11.6 Å². The third kappa shape index (κ3) is 3.62. The fourth-order valence-corrected chi connectivity index (χ4v) is 3.16. The minimum Gasteiger partial charge on any atom is -0.339 e. The van der Waals surface area contributed by atoms with E-state index in [2.05, 4.69) is 15.1 Å². The minimum absolute atomic E-state index is 0.0956. The maximum Gasteiger partial charge on any atom is 0.244 e. The first-order chi connectivity index (χ1) is 11.4. The van der Waals surface area contributed by atoms with Gasteiger partial charge >= 0.3 is 0 Å². The van der Waals surface area contributed by atoms with E-state index in [0.717, 1.165) is 44.1 Å². The van der Waals surface area contributed by atoms with E-state index in [-0.39, 0.29) is 12.5 Å². The average Bonchev–Trinajstić information content (AvgIpc) is 3.07. The molecule has 0 N–H and O–H groups in total. The Morgan fingerprint density at radius 1 is 1.25 bits per heavy atom. The van der Waals surface area contributed by atoms with Gasteiger partial charge in [0.15, 0.2) is 0 Å². The topological polar surface area (TPSA) is 59.2 Å². The number of rotatable bonds is 4. The van der Waals surface area contributed by atoms with Crippen molar-refractivity contribution in [3.8, 4) is 0 Å². The summed E-state index contributed by atoms with van der Waals surface area (Å²) in [5.41, 5.74) is 2.82. The van der Waals surface area contributed by atoms with E-state index < -0.39 is 0 Å². The highest BCUT2D eigenvalue weighted by atomic mass is 35.5. The summed E-state index contributed by atoms with van der Waals surface area (Å²) in [6.45, 7) is 8.11. The molecule has 1 aliphatic heterocycles. The molecule has 0 bridgehead atoms. The first kappa shape index (κ1) is 17.0. The summed E-state index contributed by atoms with van der Waals surface area (Å²) >= 11 is 6.14. The van der Waals surface area contributed by atoms with E-state index in [1.54, 1.807) is 4.68 Å². The molecule has 130 valence electrons. The predicted molar refractivity (Wildman–Crippen MR) is 91.8 cm³/mol. The second-order valence-corrected chi connectivity index (χ2v) is 6.70. The lowest BCUT2D eigenvalue weighted by Crippen LogP contribution is -2.49. The summed E-state index contributed by atoms with van der Waals surface area (Å²) in [5.74, 6) is 0.0956. The molecule has 0 aromatic carbocycles. The largest absolute Gasteiger partial charge is 0.339 e. The lowest BCUT2D eigenvalue weighted by atomic mass is 10.2. The number of halogens is 1. The van der Waals surface area contributed by atoms with E-state index in [9.17, 15) is 4.79 Å². The Labute approximate surface area is 146 Å². The van der Waals surface area contributed by atoms with Gasteiger partial charge in [-0.05, 0) is 13.8 Å². The van der Waals surface area contributed by atoms with E-state index in [0.29, 0.717) is 5.02 Å². The first-order valence-electron chi connectivity index (χ1n) is 8.11. The van der Waals surface area contributed by atoms with E-state index >= 15 is 0 Å². The van der Waals surface area contributed by atoms with Gasteiger partial charge < -0.3 is 4.90 Å². The molecule has 2 aromatic heterocycles. The number of carbonyl (C=O) groups is 1. The number of hydrogen-bond acceptors (Lipinski definition) is 4. The van der Waals surface area contributed by atoms with Crippen molar-refractivity contribution >= 4 is 17.5 Å². The second kappa shape index (κ2) is 6.94. The van der Waals surface area contributed by atoms with Gasteiger partial charge in [0.2, 0.25) is 5.91 Å². The molecular formula is C16H23ClN6O. The lowest BCUT2D eigenvalue weighted by molar-refractivity contribution is -0.133. The monoisotopic (exact) mass is 350 g/mol. The molecule has 3 rings (SSSR count). The molecule has 1 saturated heterocycles. The summed E-state index contributed by atoms with van der Waals surface area (Å²) in [6.07, 6.45) is 3.92. The summed E-state index contributed by atoms with van der Waals surface area (Å²) in [5, 5.41) is 9.17. The van der Waals surface area contributed by atoms with Gasteiger partial charge in [0.1, 0.15) is 6.54 Å². The van der Waals surface area contributed by atoms with Crippen molar-refractivity contribution in [1.82, 2.24) is 29.4 Å². The summed E-state index contributed by atoms with van der Waals surface area (Å²) < 4.78 is 3.51. The van der Waals surface area contributed by atoms with Crippen molar-refractivity contribution in [3.63, 3.8) is 0 Å². The first-order valence-corrected chi connectivity index (χ1v) is 8.49. The molecule has 0 saturated carbocycles. The van der Waals surface area contributed by atoms with Crippen LogP contribution in [0.1, 0.15) is 17.0 Å². The SMILES string of the molecule is Cc1nn(CC(=O)N2CCN(Cc3cnn(C)c3)CC2)c(C)c1Cl. The number of nitrogens with zero attached hydrogens (tertiary/aromatic N) is 6. The Morgan fingerprint density at radius 2 is 1.96 bits per heavy atom. The van der Waals surface area contributed by atoms with Crippen molar-refractivity contribution < 1.29 is 4.79 Å². The molecule has 1 fully saturated rings. The van der Waals surface area contributed by atoms with Crippen LogP contribution in [0.15, 0.2) is 12.4 Å². The predicted octanol–water partition coefficient (Wildman–Crippen LogP) is 1.23. The quantitative estimate of drug-likeness (QED) is 0.832. The number of carbonyl (C=O) groups excluding carboxylic acids is 1. The van der Waals surface area contributed by atoms with E-state index in [4.69, 9.17) is 11.6 Å². The fourth-order valence-electron chi connectivity index (χ4n) is 3.02. The van der Waals surface area contributed by atoms with Crippen LogP contribution in [0.4, 0.5) is 0 Å². The van der Waals surface area contributed by atoms with Crippen LogP contribution in [0.25, 0.3) is 0 Å². The maximum absolute atomic E-state index is 12.5. The third-order valence-corrected chi connectivity index (χ3v) is 5.01. The Kier molecular flexibility index (Phi) is 4.91. The van der Waals surface area contributed by atoms with Crippen molar-refractivity contribution in [2.45, 2.75) is 26.9 Å². The molecule has 7 nitrogen and oxygen atoms in total. The molecule has 0 atom stereocenters. The van der Waals surface area contributed by atoms with Gasteiger partial charge in [0.05, 0.1) is 22.6 Å². The number of aryl methyl sites for hydroxylation is 2. The van der Waals surface area contributed by atoms with Crippen LogP contribution >= 0.6 is 11.6 Å². The number of aromatic nitrogens is 4. The summed E-state index contributed by atoms with van der Waals surface area (Å²) in [6, 6.07) is 0. The van der Waals surface area contributed by atoms with Crippen LogP contribution in [0.5, 0.6) is 0 Å². The average molecular weight is 351 g/mol. The Balaban J connectivity index is 1.52. The van der Waals surface area contributed by atoms with Crippen LogP contribution < -0.4 is 0 Å². The lowest BCUT2D eigenvalue weighted by Gasteiger charge is -2.34. The van der Waals surface area contributed by atoms with Crippen molar-refractivity contribution in [2.24, 2.45) is 7.05 Å². The van der Waals surface area contributed by atoms with Crippen molar-refractivity contribution in [1.29, 1.82) is 0 Å². The number of amides is 1. The van der Waals surface area contributed by atoms with Gasteiger partial charge in [-0.15, -0.1) is 0 Å². The number of hydrogen-bond donors (Lipinski definition) is 0. The standard InChI is InChI=1S/C16H23ClN6O/c1-12-16(17)13(2)23(19-12)11-15(24)22-6-4-21(5-7-22)10-14-8-18-20(3)9-14/h8-9H,4-7,10-11H2,1-3H3. The molecule has 0 radical (unpaired) electrons. The molecule has 24 heavy (non-hydrogen) atoms. The van der Waals surface area contributed by atoms with Gasteiger partial charge in [-0.3, -0.25) is 19.1 Å². The van der Waals surface area contributed by atoms with Gasteiger partial charge in [-0.2, -0.15) is 10.2 Å². The molecule has 0 aliphatic carbocycles. The minimum atomic E-state index is 0.0956. The zero-order chi connectivity index (χ0) is 17.3. The smallest absolute Gasteiger partial charge is 0.244 e. The van der Waals surface area contributed by atoms with Crippen LogP contribution in [0, 0.1) is 13.8 Å². The summed E-state index contributed by atoms with van der Waals surface area (Å²) in [4.78, 5) is 16.8. The van der Waals surface area contributed by atoms with Crippen LogP contribution in [0.3, 0.4) is 0 Å². The van der Waals surface area contributed by atoms with Gasteiger partial charge in [0.25, 0.3) is 0 Å². The molecular weight excluding hydrogens is 328 g/mol. The molecule has 1 aliphatic rings. The second-order valence-electron chi connectivity index (χ2n) is 6.32. The molecule has 1 amide bonds. The summed E-state index contributed by atoms with van der Waals surface area (Å²) in [7, 11) is 1.92. The zero-order valence-corrected chi connectivity index (χ0v) is 15.1. The highest BCUT2D eigenvalue weighted by molar-refractivity contribution is 6.31. The molecule has 8 heteroatoms. The molecule has 0 unspecified atom stereocenters. The normalized spacial score (nSPS) is 15.9. The molecule has 2 aromatic rings. The molecule has 3 heterocycles. The van der Waals surface area contributed by atoms with E-state index in [1.165, 1.54) is 5.56 Å². The van der Waals surface area contributed by atoms with Crippen molar-refractivity contribution in [2.75, 3.05) is 26.2 Å². The van der Waals surface area contributed by atoms with Crippen LogP contribution in [0.2, 0.25) is 5.02 Å². The Morgan fingerprint density at radius 3 is 2.50 bits per heavy atom. The van der Waals surface area contributed by atoms with Crippen LogP contribution in [-0.2, 0) is 24.9 Å². The highest BCUT2D eigenvalue weighted by Crippen LogP contribution is 2.19. The molecule has 0 spiro atoms. The van der Waals surface area contributed by atoms with Crippen LogP contribution in [-0.4, -0.2) is 61.4 Å². The zero-order valence-electron chi connectivity index (χ0n) is 14.4. The number of piperazine rings is 1. The highest BCUT2D eigenvalue weighted by Gasteiger charge is 2.22.